The number of pyridine rings is 1. The van der Waals surface area contributed by atoms with Crippen molar-refractivity contribution in [1.82, 2.24) is 4.98 Å². The number of nitrogens with two attached hydrogens (primary N) is 2. The van der Waals surface area contributed by atoms with Gasteiger partial charge in [0.15, 0.2) is 0 Å². The molecule has 3 rings (SSSR count). The van der Waals surface area contributed by atoms with Crippen LogP contribution in [-0.2, 0) is 0 Å². The van der Waals surface area contributed by atoms with E-state index < -0.39 is 5.91 Å². The van der Waals surface area contributed by atoms with E-state index in [1.807, 2.05) is 6.07 Å². The number of amides is 1. The van der Waals surface area contributed by atoms with E-state index in [2.05, 4.69) is 4.98 Å². The van der Waals surface area contributed by atoms with Crippen LogP contribution in [0.25, 0.3) is 10.8 Å². The van der Waals surface area contributed by atoms with Crippen LogP contribution in [0.15, 0.2) is 54.9 Å². The van der Waals surface area contributed by atoms with Gasteiger partial charge in [-0.1, -0.05) is 0 Å². The Morgan fingerprint density at radius 1 is 1.00 bits per heavy atom. The normalized spacial score (nSPS) is 10.5. The highest BCUT2D eigenvalue weighted by molar-refractivity contribution is 5.96. The highest BCUT2D eigenvalue weighted by atomic mass is 16.5. The molecule has 3 aromatic rings. The average molecular weight is 279 g/mol. The molecule has 21 heavy (non-hydrogen) atoms. The minimum absolute atomic E-state index is 0.439. The fraction of sp³-hybridized carbons (Fsp3) is 0. The van der Waals surface area contributed by atoms with Gasteiger partial charge >= 0.3 is 0 Å². The van der Waals surface area contributed by atoms with Gasteiger partial charge in [0.1, 0.15) is 11.5 Å². The van der Waals surface area contributed by atoms with E-state index in [4.69, 9.17) is 16.2 Å². The average Bonchev–Trinajstić information content (AvgIpc) is 2.51. The number of carbonyl (C=O) groups excluding carboxylic acids is 1. The van der Waals surface area contributed by atoms with Crippen molar-refractivity contribution in [2.24, 2.45) is 5.73 Å². The van der Waals surface area contributed by atoms with Crippen LogP contribution in [0.4, 0.5) is 5.69 Å². The Balaban J connectivity index is 1.98. The lowest BCUT2D eigenvalue weighted by molar-refractivity contribution is 0.100. The van der Waals surface area contributed by atoms with Crippen molar-refractivity contribution >= 4 is 22.4 Å². The van der Waals surface area contributed by atoms with Crippen molar-refractivity contribution < 1.29 is 9.53 Å². The van der Waals surface area contributed by atoms with Gasteiger partial charge < -0.3 is 16.2 Å². The zero-order valence-electron chi connectivity index (χ0n) is 11.1. The summed E-state index contributed by atoms with van der Waals surface area (Å²) in [6, 6.07) is 12.1. The van der Waals surface area contributed by atoms with Crippen molar-refractivity contribution in [2.75, 3.05) is 5.73 Å². The highest BCUT2D eigenvalue weighted by Gasteiger charge is 2.07. The van der Waals surface area contributed by atoms with E-state index >= 15 is 0 Å². The molecule has 0 bridgehead atoms. The molecule has 0 saturated heterocycles. The monoisotopic (exact) mass is 279 g/mol. The van der Waals surface area contributed by atoms with E-state index in [0.29, 0.717) is 22.7 Å². The number of fused-ring (bicyclic) bond motifs is 1. The zero-order valence-corrected chi connectivity index (χ0v) is 11.1. The fourth-order valence-electron chi connectivity index (χ4n) is 2.09. The molecule has 0 fully saturated rings. The second kappa shape index (κ2) is 5.13. The molecule has 0 aliphatic rings. The van der Waals surface area contributed by atoms with Crippen molar-refractivity contribution in [3.8, 4) is 11.5 Å². The van der Waals surface area contributed by atoms with Gasteiger partial charge in [0, 0.05) is 34.4 Å². The number of ether oxygens (including phenoxy) is 1. The second-order valence-corrected chi connectivity index (χ2v) is 4.56. The number of rotatable bonds is 3. The predicted octanol–water partition coefficient (Wildman–Crippen LogP) is 2.71. The summed E-state index contributed by atoms with van der Waals surface area (Å²) in [5.74, 6) is 0.821. The van der Waals surface area contributed by atoms with Gasteiger partial charge in [-0.05, 0) is 42.5 Å². The van der Waals surface area contributed by atoms with Gasteiger partial charge in [-0.15, -0.1) is 0 Å². The summed E-state index contributed by atoms with van der Waals surface area (Å²) in [6.07, 6.45) is 3.39. The molecule has 5 nitrogen and oxygen atoms in total. The first kappa shape index (κ1) is 12.9. The first-order chi connectivity index (χ1) is 10.1. The van der Waals surface area contributed by atoms with Crippen LogP contribution < -0.4 is 16.2 Å². The SMILES string of the molecule is NC(=O)c1ccc(Oc2ccc(N)c3cnccc23)cc1. The first-order valence-electron chi connectivity index (χ1n) is 6.35. The molecule has 0 saturated carbocycles. The summed E-state index contributed by atoms with van der Waals surface area (Å²) >= 11 is 0. The van der Waals surface area contributed by atoms with Crippen LogP contribution in [0.5, 0.6) is 11.5 Å². The lowest BCUT2D eigenvalue weighted by atomic mass is 10.1. The third-order valence-electron chi connectivity index (χ3n) is 3.18. The Bertz CT molecular complexity index is 813. The van der Waals surface area contributed by atoms with Crippen molar-refractivity contribution in [1.29, 1.82) is 0 Å². The summed E-state index contributed by atoms with van der Waals surface area (Å²) in [5, 5.41) is 1.72. The number of hydrogen-bond donors (Lipinski definition) is 2. The number of primary amides is 1. The van der Waals surface area contributed by atoms with E-state index in [0.717, 1.165) is 10.8 Å². The summed E-state index contributed by atoms with van der Waals surface area (Å²) in [4.78, 5) is 15.1. The summed E-state index contributed by atoms with van der Waals surface area (Å²) in [5.41, 5.74) is 12.2. The summed E-state index contributed by atoms with van der Waals surface area (Å²) in [7, 11) is 0. The van der Waals surface area contributed by atoms with Crippen LogP contribution in [-0.4, -0.2) is 10.9 Å². The predicted molar refractivity (Wildman–Crippen MR) is 81.2 cm³/mol. The Morgan fingerprint density at radius 3 is 2.48 bits per heavy atom. The molecule has 5 heteroatoms. The maximum absolute atomic E-state index is 11.0. The maximum Gasteiger partial charge on any atom is 0.248 e. The van der Waals surface area contributed by atoms with E-state index in [1.54, 1.807) is 48.8 Å². The number of benzene rings is 2. The number of carbonyl (C=O) groups is 1. The highest BCUT2D eigenvalue weighted by Crippen LogP contribution is 2.32. The van der Waals surface area contributed by atoms with Crippen molar-refractivity contribution in [3.63, 3.8) is 0 Å². The maximum atomic E-state index is 11.0. The lowest BCUT2D eigenvalue weighted by Crippen LogP contribution is -2.10. The molecule has 0 radical (unpaired) electrons. The smallest absolute Gasteiger partial charge is 0.248 e. The van der Waals surface area contributed by atoms with Crippen LogP contribution >= 0.6 is 0 Å². The molecule has 0 aliphatic carbocycles. The lowest BCUT2D eigenvalue weighted by Gasteiger charge is -2.10. The number of anilines is 1. The number of nitrogens with zero attached hydrogens (tertiary/aromatic N) is 1. The topological polar surface area (TPSA) is 91.2 Å². The molecule has 2 aromatic carbocycles. The van der Waals surface area contributed by atoms with E-state index in [9.17, 15) is 4.79 Å². The molecule has 1 aromatic heterocycles. The molecule has 1 heterocycles. The van der Waals surface area contributed by atoms with Crippen LogP contribution in [0, 0.1) is 0 Å². The molecule has 104 valence electrons. The molecule has 4 N–H and O–H groups in total. The van der Waals surface area contributed by atoms with Crippen LogP contribution in [0.3, 0.4) is 0 Å². The van der Waals surface area contributed by atoms with Crippen molar-refractivity contribution in [2.45, 2.75) is 0 Å². The number of nitrogen functional groups attached to an aromatic ring is 1. The Kier molecular flexibility index (Phi) is 3.16. The molecular weight excluding hydrogens is 266 g/mol. The first-order valence-corrected chi connectivity index (χ1v) is 6.35. The zero-order chi connectivity index (χ0) is 14.8. The summed E-state index contributed by atoms with van der Waals surface area (Å²) in [6.45, 7) is 0. The Morgan fingerprint density at radius 2 is 1.76 bits per heavy atom. The minimum Gasteiger partial charge on any atom is -0.457 e. The van der Waals surface area contributed by atoms with Gasteiger partial charge in [0.25, 0.3) is 0 Å². The molecule has 0 atom stereocenters. The molecule has 1 amide bonds. The van der Waals surface area contributed by atoms with E-state index in [-0.39, 0.29) is 0 Å². The molecule has 0 spiro atoms. The third kappa shape index (κ3) is 2.49. The molecule has 0 aliphatic heterocycles. The molecule has 0 unspecified atom stereocenters. The number of hydrogen-bond acceptors (Lipinski definition) is 4. The molecular formula is C16H13N3O2. The Labute approximate surface area is 121 Å². The minimum atomic E-state index is -0.467. The van der Waals surface area contributed by atoms with Gasteiger partial charge in [0.05, 0.1) is 0 Å². The van der Waals surface area contributed by atoms with Gasteiger partial charge in [-0.3, -0.25) is 9.78 Å². The van der Waals surface area contributed by atoms with E-state index in [1.165, 1.54) is 0 Å². The second-order valence-electron chi connectivity index (χ2n) is 4.56. The van der Waals surface area contributed by atoms with Crippen LogP contribution in [0.2, 0.25) is 0 Å². The van der Waals surface area contributed by atoms with Gasteiger partial charge in [-0.2, -0.15) is 0 Å². The van der Waals surface area contributed by atoms with Gasteiger partial charge in [0.2, 0.25) is 5.91 Å². The van der Waals surface area contributed by atoms with Crippen LogP contribution in [0.1, 0.15) is 10.4 Å². The van der Waals surface area contributed by atoms with Gasteiger partial charge in [-0.25, -0.2) is 0 Å². The third-order valence-corrected chi connectivity index (χ3v) is 3.18. The standard InChI is InChI=1S/C16H13N3O2/c17-14-5-6-15(12-7-8-19-9-13(12)14)21-11-3-1-10(2-4-11)16(18)20/h1-9H,17H2,(H2,18,20). The summed E-state index contributed by atoms with van der Waals surface area (Å²) < 4.78 is 5.85. The fourth-order valence-corrected chi connectivity index (χ4v) is 2.09. The Hall–Kier alpha value is -3.08. The number of aromatic nitrogens is 1. The quantitative estimate of drug-likeness (QED) is 0.721. The van der Waals surface area contributed by atoms with Crippen molar-refractivity contribution in [3.05, 3.63) is 60.4 Å². The largest absolute Gasteiger partial charge is 0.457 e.